The van der Waals surface area contributed by atoms with E-state index >= 15 is 0 Å². The van der Waals surface area contributed by atoms with Gasteiger partial charge in [-0.05, 0) is 19.1 Å². The molecule has 6 heteroatoms. The summed E-state index contributed by atoms with van der Waals surface area (Å²) in [5, 5.41) is 3.22. The Morgan fingerprint density at radius 2 is 2.09 bits per heavy atom. The Bertz CT molecular complexity index is 641. The molecule has 1 fully saturated rings. The lowest BCUT2D eigenvalue weighted by atomic mass is 10.2. The molecule has 118 valence electrons. The fourth-order valence-corrected chi connectivity index (χ4v) is 3.26. The Hall–Kier alpha value is -1.66. The lowest BCUT2D eigenvalue weighted by molar-refractivity contribution is 0.0595. The lowest BCUT2D eigenvalue weighted by Gasteiger charge is -2.33. The zero-order valence-electron chi connectivity index (χ0n) is 13.0. The monoisotopic (exact) mass is 319 g/mol. The fraction of sp³-hybridized carbons (Fsp3) is 0.500. The average molecular weight is 319 g/mol. The van der Waals surface area contributed by atoms with Crippen LogP contribution in [0.3, 0.4) is 0 Å². The van der Waals surface area contributed by atoms with Crippen molar-refractivity contribution >= 4 is 17.2 Å². The Balaban J connectivity index is 1.53. The highest BCUT2D eigenvalue weighted by Crippen LogP contribution is 2.15. The molecule has 3 rings (SSSR count). The van der Waals surface area contributed by atoms with E-state index in [2.05, 4.69) is 15.3 Å². The second kappa shape index (κ2) is 6.62. The molecule has 5 nitrogen and oxygen atoms in total. The van der Waals surface area contributed by atoms with E-state index in [1.807, 2.05) is 24.8 Å². The number of hydrogen-bond acceptors (Lipinski definition) is 5. The number of furan rings is 1. The van der Waals surface area contributed by atoms with Gasteiger partial charge in [-0.1, -0.05) is 6.92 Å². The SMILES string of the molecule is CCc1ccc(C(=O)N2CCN(Cc3csc(C)n3)CC2)o1. The lowest BCUT2D eigenvalue weighted by Crippen LogP contribution is -2.48. The first-order chi connectivity index (χ1) is 10.7. The van der Waals surface area contributed by atoms with Gasteiger partial charge in [-0.25, -0.2) is 4.98 Å². The Labute approximate surface area is 134 Å². The van der Waals surface area contributed by atoms with Crippen LogP contribution in [0.5, 0.6) is 0 Å². The molecule has 1 saturated heterocycles. The van der Waals surface area contributed by atoms with Crippen molar-refractivity contribution < 1.29 is 9.21 Å². The molecule has 0 spiro atoms. The molecular weight excluding hydrogens is 298 g/mol. The van der Waals surface area contributed by atoms with Gasteiger partial charge in [0, 0.05) is 44.5 Å². The standard InChI is InChI=1S/C16H21N3O2S/c1-3-14-4-5-15(21-14)16(20)19-8-6-18(7-9-19)10-13-11-22-12(2)17-13/h4-5,11H,3,6-10H2,1-2H3. The molecule has 0 aliphatic carbocycles. The zero-order chi connectivity index (χ0) is 15.5. The van der Waals surface area contributed by atoms with Crippen LogP contribution in [0.2, 0.25) is 0 Å². The molecule has 0 atom stereocenters. The molecule has 1 amide bonds. The van der Waals surface area contributed by atoms with Crippen molar-refractivity contribution in [2.24, 2.45) is 0 Å². The third-order valence-corrected chi connectivity index (χ3v) is 4.75. The van der Waals surface area contributed by atoms with Gasteiger partial charge in [-0.15, -0.1) is 11.3 Å². The first-order valence-corrected chi connectivity index (χ1v) is 8.55. The predicted molar refractivity (Wildman–Crippen MR) is 86.1 cm³/mol. The number of carbonyl (C=O) groups is 1. The molecule has 1 aliphatic rings. The number of carbonyl (C=O) groups excluding carboxylic acids is 1. The number of hydrogen-bond donors (Lipinski definition) is 0. The maximum absolute atomic E-state index is 12.4. The van der Waals surface area contributed by atoms with Gasteiger partial charge in [0.1, 0.15) is 5.76 Å². The van der Waals surface area contributed by atoms with E-state index in [-0.39, 0.29) is 5.91 Å². The van der Waals surface area contributed by atoms with Crippen molar-refractivity contribution in [3.63, 3.8) is 0 Å². The summed E-state index contributed by atoms with van der Waals surface area (Å²) in [5.74, 6) is 1.32. The summed E-state index contributed by atoms with van der Waals surface area (Å²) in [7, 11) is 0. The van der Waals surface area contributed by atoms with Crippen LogP contribution < -0.4 is 0 Å². The minimum atomic E-state index is 0.00357. The normalized spacial score (nSPS) is 16.2. The van der Waals surface area contributed by atoms with Crippen LogP contribution in [0.4, 0.5) is 0 Å². The summed E-state index contributed by atoms with van der Waals surface area (Å²) in [6.45, 7) is 8.15. The molecule has 2 aromatic rings. The third kappa shape index (κ3) is 3.39. The highest BCUT2D eigenvalue weighted by molar-refractivity contribution is 7.09. The zero-order valence-corrected chi connectivity index (χ0v) is 13.9. The third-order valence-electron chi connectivity index (χ3n) is 3.93. The van der Waals surface area contributed by atoms with Crippen LogP contribution in [0.1, 0.15) is 33.9 Å². The van der Waals surface area contributed by atoms with Crippen molar-refractivity contribution in [2.45, 2.75) is 26.8 Å². The second-order valence-corrected chi connectivity index (χ2v) is 6.61. The summed E-state index contributed by atoms with van der Waals surface area (Å²) >= 11 is 1.69. The van der Waals surface area contributed by atoms with Gasteiger partial charge < -0.3 is 9.32 Å². The fourth-order valence-electron chi connectivity index (χ4n) is 2.66. The summed E-state index contributed by atoms with van der Waals surface area (Å²) < 4.78 is 5.56. The predicted octanol–water partition coefficient (Wildman–Crippen LogP) is 2.56. The molecule has 0 aromatic carbocycles. The molecule has 1 aliphatic heterocycles. The van der Waals surface area contributed by atoms with Crippen LogP contribution >= 0.6 is 11.3 Å². The van der Waals surface area contributed by atoms with E-state index in [0.717, 1.165) is 55.6 Å². The number of thiazole rings is 1. The maximum Gasteiger partial charge on any atom is 0.289 e. The molecular formula is C16H21N3O2S. The van der Waals surface area contributed by atoms with Crippen molar-refractivity contribution in [3.8, 4) is 0 Å². The van der Waals surface area contributed by atoms with Gasteiger partial charge >= 0.3 is 0 Å². The summed E-state index contributed by atoms with van der Waals surface area (Å²) in [5.41, 5.74) is 1.13. The number of aromatic nitrogens is 1. The van der Waals surface area contributed by atoms with E-state index in [9.17, 15) is 4.79 Å². The summed E-state index contributed by atoms with van der Waals surface area (Å²) in [6, 6.07) is 3.67. The van der Waals surface area contributed by atoms with Gasteiger partial charge in [-0.3, -0.25) is 9.69 Å². The molecule has 0 bridgehead atoms. The van der Waals surface area contributed by atoms with Crippen molar-refractivity contribution in [2.75, 3.05) is 26.2 Å². The Morgan fingerprint density at radius 1 is 1.32 bits per heavy atom. The van der Waals surface area contributed by atoms with Gasteiger partial charge in [-0.2, -0.15) is 0 Å². The van der Waals surface area contributed by atoms with E-state index in [1.54, 1.807) is 17.4 Å². The highest BCUT2D eigenvalue weighted by atomic mass is 32.1. The molecule has 0 unspecified atom stereocenters. The van der Waals surface area contributed by atoms with Gasteiger partial charge in [0.25, 0.3) is 5.91 Å². The van der Waals surface area contributed by atoms with Crippen molar-refractivity contribution in [1.82, 2.24) is 14.8 Å². The number of rotatable bonds is 4. The van der Waals surface area contributed by atoms with E-state index in [0.29, 0.717) is 5.76 Å². The maximum atomic E-state index is 12.4. The first-order valence-electron chi connectivity index (χ1n) is 7.67. The van der Waals surface area contributed by atoms with Crippen LogP contribution in [0, 0.1) is 6.92 Å². The van der Waals surface area contributed by atoms with E-state index in [4.69, 9.17) is 4.42 Å². The topological polar surface area (TPSA) is 49.6 Å². The van der Waals surface area contributed by atoms with Crippen LogP contribution in [-0.2, 0) is 13.0 Å². The van der Waals surface area contributed by atoms with Crippen LogP contribution in [0.25, 0.3) is 0 Å². The van der Waals surface area contributed by atoms with Gasteiger partial charge in [0.2, 0.25) is 0 Å². The van der Waals surface area contributed by atoms with E-state index in [1.165, 1.54) is 0 Å². The highest BCUT2D eigenvalue weighted by Gasteiger charge is 2.24. The molecule has 2 aromatic heterocycles. The quantitative estimate of drug-likeness (QED) is 0.869. The largest absolute Gasteiger partial charge is 0.456 e. The number of aryl methyl sites for hydroxylation is 2. The summed E-state index contributed by atoms with van der Waals surface area (Å²) in [6.07, 6.45) is 0.814. The average Bonchev–Trinajstić information content (AvgIpc) is 3.16. The minimum Gasteiger partial charge on any atom is -0.456 e. The molecule has 0 saturated carbocycles. The van der Waals surface area contributed by atoms with Crippen LogP contribution in [-0.4, -0.2) is 46.9 Å². The molecule has 3 heterocycles. The van der Waals surface area contributed by atoms with Gasteiger partial charge in [0.15, 0.2) is 5.76 Å². The molecule has 0 N–H and O–H groups in total. The Morgan fingerprint density at radius 3 is 2.68 bits per heavy atom. The molecule has 0 radical (unpaired) electrons. The van der Waals surface area contributed by atoms with Crippen LogP contribution in [0.15, 0.2) is 21.9 Å². The second-order valence-electron chi connectivity index (χ2n) is 5.55. The first kappa shape index (κ1) is 15.2. The van der Waals surface area contributed by atoms with Crippen molar-refractivity contribution in [3.05, 3.63) is 39.7 Å². The summed E-state index contributed by atoms with van der Waals surface area (Å²) in [4.78, 5) is 21.1. The smallest absolute Gasteiger partial charge is 0.289 e. The minimum absolute atomic E-state index is 0.00357. The van der Waals surface area contributed by atoms with Gasteiger partial charge in [0.05, 0.1) is 10.7 Å². The number of piperazine rings is 1. The number of amides is 1. The molecule has 22 heavy (non-hydrogen) atoms. The van der Waals surface area contributed by atoms with E-state index < -0.39 is 0 Å². The number of nitrogens with zero attached hydrogens (tertiary/aromatic N) is 3. The Kier molecular flexibility index (Phi) is 4.59. The van der Waals surface area contributed by atoms with Crippen molar-refractivity contribution in [1.29, 1.82) is 0 Å².